The molecule has 10 heteroatoms. The molecule has 0 unspecified atom stereocenters. The van der Waals surface area contributed by atoms with Gasteiger partial charge in [-0.1, -0.05) is 51.3 Å². The number of hydrogen-bond donors (Lipinski definition) is 3. The van der Waals surface area contributed by atoms with Gasteiger partial charge in [-0.3, -0.25) is 10.1 Å². The SMILES string of the molecule is COC(C)(NC(=O)N[C@](C)(Cc1ccc(Br)cc1)C(=O)Nc1cc(Cl)cc(Cl)c1)OC. The van der Waals surface area contributed by atoms with Crippen molar-refractivity contribution in [2.24, 2.45) is 0 Å². The van der Waals surface area contributed by atoms with Crippen LogP contribution in [0, 0.1) is 0 Å². The van der Waals surface area contributed by atoms with Crippen molar-refractivity contribution < 1.29 is 19.1 Å². The normalized spacial score (nSPS) is 13.3. The topological polar surface area (TPSA) is 88.7 Å². The van der Waals surface area contributed by atoms with Crippen molar-refractivity contribution in [3.05, 3.63) is 62.5 Å². The molecule has 0 aliphatic rings. The van der Waals surface area contributed by atoms with E-state index in [0.717, 1.165) is 10.0 Å². The number of benzene rings is 2. The summed E-state index contributed by atoms with van der Waals surface area (Å²) in [5, 5.41) is 8.80. The van der Waals surface area contributed by atoms with Gasteiger partial charge in [0.2, 0.25) is 11.8 Å². The molecule has 0 fully saturated rings. The van der Waals surface area contributed by atoms with Gasteiger partial charge in [-0.25, -0.2) is 4.79 Å². The monoisotopic (exact) mass is 531 g/mol. The number of rotatable bonds is 8. The lowest BCUT2D eigenvalue weighted by molar-refractivity contribution is -0.205. The average Bonchev–Trinajstić information content (AvgIpc) is 2.68. The number of amides is 3. The molecule has 0 saturated heterocycles. The highest BCUT2D eigenvalue weighted by Gasteiger charge is 2.37. The third-order valence-electron chi connectivity index (χ3n) is 4.60. The number of hydrogen-bond acceptors (Lipinski definition) is 4. The fourth-order valence-electron chi connectivity index (χ4n) is 2.76. The van der Waals surface area contributed by atoms with Crippen molar-refractivity contribution in [1.82, 2.24) is 10.6 Å². The predicted octanol–water partition coefficient (Wildman–Crippen LogP) is 4.96. The van der Waals surface area contributed by atoms with Gasteiger partial charge in [-0.15, -0.1) is 0 Å². The van der Waals surface area contributed by atoms with Crippen LogP contribution < -0.4 is 16.0 Å². The molecule has 1 atom stereocenters. The van der Waals surface area contributed by atoms with Crippen LogP contribution in [0.15, 0.2) is 46.9 Å². The molecule has 0 aliphatic heterocycles. The Hall–Kier alpha value is -1.84. The van der Waals surface area contributed by atoms with E-state index in [0.29, 0.717) is 15.7 Å². The van der Waals surface area contributed by atoms with E-state index >= 15 is 0 Å². The smallest absolute Gasteiger partial charge is 0.319 e. The van der Waals surface area contributed by atoms with E-state index in [4.69, 9.17) is 32.7 Å². The summed E-state index contributed by atoms with van der Waals surface area (Å²) in [6, 6.07) is 11.5. The highest BCUT2D eigenvalue weighted by atomic mass is 79.9. The zero-order valence-electron chi connectivity index (χ0n) is 17.5. The first-order chi connectivity index (χ1) is 14.5. The number of carbonyl (C=O) groups excluding carboxylic acids is 2. The van der Waals surface area contributed by atoms with E-state index in [1.54, 1.807) is 25.1 Å². The predicted molar refractivity (Wildman–Crippen MR) is 125 cm³/mol. The number of anilines is 1. The molecule has 31 heavy (non-hydrogen) atoms. The molecule has 0 spiro atoms. The molecule has 3 amide bonds. The van der Waals surface area contributed by atoms with Crippen LogP contribution in [0.1, 0.15) is 19.4 Å². The van der Waals surface area contributed by atoms with E-state index in [1.807, 2.05) is 24.3 Å². The van der Waals surface area contributed by atoms with Gasteiger partial charge in [0.25, 0.3) is 0 Å². The Balaban J connectivity index is 2.30. The maximum absolute atomic E-state index is 13.3. The second-order valence-electron chi connectivity index (χ2n) is 7.18. The molecule has 0 aliphatic carbocycles. The number of carbonyl (C=O) groups is 2. The molecule has 0 bridgehead atoms. The largest absolute Gasteiger partial charge is 0.336 e. The third kappa shape index (κ3) is 7.36. The summed E-state index contributed by atoms with van der Waals surface area (Å²) in [6.07, 6.45) is 0.213. The van der Waals surface area contributed by atoms with E-state index in [2.05, 4.69) is 31.9 Å². The summed E-state index contributed by atoms with van der Waals surface area (Å²) in [7, 11) is 2.78. The van der Waals surface area contributed by atoms with Crippen molar-refractivity contribution >= 4 is 56.8 Å². The summed E-state index contributed by atoms with van der Waals surface area (Å²) in [5.74, 6) is -1.82. The van der Waals surface area contributed by atoms with Gasteiger partial charge in [0, 0.05) is 47.8 Å². The van der Waals surface area contributed by atoms with E-state index in [-0.39, 0.29) is 6.42 Å². The Kier molecular flexibility index (Phi) is 8.73. The summed E-state index contributed by atoms with van der Waals surface area (Å²) in [6.45, 7) is 3.15. The minimum Gasteiger partial charge on any atom is -0.336 e. The summed E-state index contributed by atoms with van der Waals surface area (Å²) in [4.78, 5) is 25.9. The standard InChI is InChI=1S/C21H24BrCl2N3O4/c1-20(12-13-5-7-14(22)8-6-13,26-19(29)27-21(2,30-3)31-4)18(28)25-17-10-15(23)9-16(24)11-17/h5-11H,12H2,1-4H3,(H,25,28)(H2,26,27,29)/t20-/m1/s1. The third-order valence-corrected chi connectivity index (χ3v) is 5.57. The van der Waals surface area contributed by atoms with Crippen LogP contribution in [-0.4, -0.2) is 37.6 Å². The summed E-state index contributed by atoms with van der Waals surface area (Å²) >= 11 is 15.5. The zero-order chi connectivity index (χ0) is 23.2. The first kappa shape index (κ1) is 25.4. The van der Waals surface area contributed by atoms with Crippen molar-refractivity contribution in [2.75, 3.05) is 19.5 Å². The molecule has 2 aromatic carbocycles. The first-order valence-electron chi connectivity index (χ1n) is 9.21. The fraction of sp³-hybridized carbons (Fsp3) is 0.333. The number of urea groups is 1. The molecular formula is C21H24BrCl2N3O4. The van der Waals surface area contributed by atoms with Crippen LogP contribution >= 0.6 is 39.1 Å². The second kappa shape index (κ2) is 10.7. The Bertz CT molecular complexity index is 918. The maximum atomic E-state index is 13.3. The molecule has 7 nitrogen and oxygen atoms in total. The highest BCUT2D eigenvalue weighted by Crippen LogP contribution is 2.24. The lowest BCUT2D eigenvalue weighted by Crippen LogP contribution is -2.62. The molecule has 2 aromatic rings. The number of nitrogens with one attached hydrogen (secondary N) is 3. The summed E-state index contributed by atoms with van der Waals surface area (Å²) < 4.78 is 11.2. The molecule has 3 N–H and O–H groups in total. The van der Waals surface area contributed by atoms with Crippen LogP contribution in [0.2, 0.25) is 10.0 Å². The second-order valence-corrected chi connectivity index (χ2v) is 8.97. The van der Waals surface area contributed by atoms with Gasteiger partial charge in [0.15, 0.2) is 0 Å². The van der Waals surface area contributed by atoms with Crippen molar-refractivity contribution in [3.8, 4) is 0 Å². The van der Waals surface area contributed by atoms with Crippen molar-refractivity contribution in [3.63, 3.8) is 0 Å². The van der Waals surface area contributed by atoms with Gasteiger partial charge in [-0.05, 0) is 42.8 Å². The molecule has 2 rings (SSSR count). The zero-order valence-corrected chi connectivity index (χ0v) is 20.6. The van der Waals surface area contributed by atoms with Crippen molar-refractivity contribution in [1.29, 1.82) is 0 Å². The lowest BCUT2D eigenvalue weighted by atomic mass is 9.91. The molecular weight excluding hydrogens is 509 g/mol. The Morgan fingerprint density at radius 3 is 2.03 bits per heavy atom. The average molecular weight is 533 g/mol. The van der Waals surface area contributed by atoms with Crippen LogP contribution in [0.25, 0.3) is 0 Å². The van der Waals surface area contributed by atoms with Gasteiger partial charge in [-0.2, -0.15) is 0 Å². The van der Waals surface area contributed by atoms with Crippen molar-refractivity contribution in [2.45, 2.75) is 31.7 Å². The first-order valence-corrected chi connectivity index (χ1v) is 10.8. The Morgan fingerprint density at radius 1 is 0.968 bits per heavy atom. The minimum absolute atomic E-state index is 0.213. The quantitative estimate of drug-likeness (QED) is 0.419. The molecule has 168 valence electrons. The Morgan fingerprint density at radius 2 is 1.52 bits per heavy atom. The van der Waals surface area contributed by atoms with Crippen LogP contribution in [0.3, 0.4) is 0 Å². The minimum atomic E-state index is -1.36. The molecule has 0 saturated carbocycles. The van der Waals surface area contributed by atoms with E-state index in [1.165, 1.54) is 21.1 Å². The van der Waals surface area contributed by atoms with Gasteiger partial charge >= 0.3 is 6.03 Å². The van der Waals surface area contributed by atoms with Crippen LogP contribution in [0.5, 0.6) is 0 Å². The van der Waals surface area contributed by atoms with Gasteiger partial charge in [0.1, 0.15) is 5.54 Å². The lowest BCUT2D eigenvalue weighted by Gasteiger charge is -2.33. The number of methoxy groups -OCH3 is 2. The van der Waals surface area contributed by atoms with Crippen LogP contribution in [-0.2, 0) is 20.7 Å². The van der Waals surface area contributed by atoms with E-state index < -0.39 is 23.4 Å². The molecule has 0 aromatic heterocycles. The Labute approximate surface area is 199 Å². The summed E-state index contributed by atoms with van der Waals surface area (Å²) in [5.41, 5.74) is -0.0911. The highest BCUT2D eigenvalue weighted by molar-refractivity contribution is 9.10. The van der Waals surface area contributed by atoms with E-state index in [9.17, 15) is 9.59 Å². The molecule has 0 heterocycles. The number of halogens is 3. The fourth-order valence-corrected chi connectivity index (χ4v) is 3.55. The van der Waals surface area contributed by atoms with Crippen LogP contribution in [0.4, 0.5) is 10.5 Å². The van der Waals surface area contributed by atoms with Gasteiger partial charge in [0.05, 0.1) is 0 Å². The molecule has 0 radical (unpaired) electrons. The van der Waals surface area contributed by atoms with Gasteiger partial charge < -0.3 is 20.1 Å². The maximum Gasteiger partial charge on any atom is 0.319 e. The number of ether oxygens (including phenoxy) is 2.